The lowest BCUT2D eigenvalue weighted by molar-refractivity contribution is 0.0950. The summed E-state index contributed by atoms with van der Waals surface area (Å²) in [6.07, 6.45) is 3.14. The second-order valence-corrected chi connectivity index (χ2v) is 4.18. The van der Waals surface area contributed by atoms with Crippen LogP contribution in [0.5, 0.6) is 0 Å². The molecule has 0 saturated heterocycles. The zero-order valence-corrected chi connectivity index (χ0v) is 10.3. The minimum atomic E-state index is -0.155. The quantitative estimate of drug-likeness (QED) is 0.748. The summed E-state index contributed by atoms with van der Waals surface area (Å²) in [5.41, 5.74) is 2.96. The summed E-state index contributed by atoms with van der Waals surface area (Å²) in [6, 6.07) is 5.32. The molecule has 0 aliphatic rings. The monoisotopic (exact) mass is 256 g/mol. The lowest BCUT2D eigenvalue weighted by atomic mass is 10.2. The van der Waals surface area contributed by atoms with Crippen molar-refractivity contribution in [1.29, 1.82) is 0 Å². The van der Waals surface area contributed by atoms with Crippen LogP contribution in [-0.4, -0.2) is 20.9 Å². The van der Waals surface area contributed by atoms with Gasteiger partial charge >= 0.3 is 0 Å². The van der Waals surface area contributed by atoms with Crippen LogP contribution in [0.2, 0.25) is 0 Å². The van der Waals surface area contributed by atoms with Gasteiger partial charge in [-0.3, -0.25) is 4.79 Å². The first-order chi connectivity index (χ1) is 9.22. The van der Waals surface area contributed by atoms with E-state index in [9.17, 15) is 4.79 Å². The Balaban J connectivity index is 1.72. The summed E-state index contributed by atoms with van der Waals surface area (Å²) in [5.74, 6) is 0.431. The molecule has 0 fully saturated rings. The van der Waals surface area contributed by atoms with E-state index in [2.05, 4.69) is 20.3 Å². The molecule has 2 heterocycles. The topological polar surface area (TPSA) is 83.8 Å². The van der Waals surface area contributed by atoms with Gasteiger partial charge in [-0.25, -0.2) is 9.97 Å². The molecular formula is C13H12N4O2. The third-order valence-electron chi connectivity index (χ3n) is 2.78. The Bertz CT molecular complexity index is 729. The van der Waals surface area contributed by atoms with Gasteiger partial charge in [0, 0.05) is 12.5 Å². The zero-order chi connectivity index (χ0) is 13.2. The number of fused-ring (bicyclic) bond motifs is 1. The number of hydrogen-bond acceptors (Lipinski definition) is 4. The lowest BCUT2D eigenvalue weighted by Gasteiger charge is -2.02. The van der Waals surface area contributed by atoms with Gasteiger partial charge in [-0.05, 0) is 18.2 Å². The molecule has 0 atom stereocenters. The zero-order valence-electron chi connectivity index (χ0n) is 10.3. The van der Waals surface area contributed by atoms with Gasteiger partial charge in [0.25, 0.3) is 5.91 Å². The highest BCUT2D eigenvalue weighted by Crippen LogP contribution is 2.11. The van der Waals surface area contributed by atoms with E-state index >= 15 is 0 Å². The maximum absolute atomic E-state index is 12.0. The van der Waals surface area contributed by atoms with Crippen molar-refractivity contribution in [2.75, 3.05) is 0 Å². The van der Waals surface area contributed by atoms with Crippen LogP contribution in [0.4, 0.5) is 0 Å². The fourth-order valence-electron chi connectivity index (χ4n) is 1.84. The van der Waals surface area contributed by atoms with Gasteiger partial charge in [0.05, 0.1) is 29.6 Å². The van der Waals surface area contributed by atoms with Gasteiger partial charge in [0.1, 0.15) is 6.26 Å². The first-order valence-corrected chi connectivity index (χ1v) is 5.85. The second kappa shape index (κ2) is 4.56. The molecular weight excluding hydrogens is 244 g/mol. The smallest absolute Gasteiger partial charge is 0.251 e. The Morgan fingerprint density at radius 2 is 2.37 bits per heavy atom. The molecule has 3 rings (SSSR count). The van der Waals surface area contributed by atoms with Crippen LogP contribution in [0.1, 0.15) is 21.9 Å². The Morgan fingerprint density at radius 1 is 1.47 bits per heavy atom. The molecule has 2 aromatic heterocycles. The molecule has 3 aromatic rings. The molecule has 0 spiro atoms. The highest BCUT2D eigenvalue weighted by molar-refractivity contribution is 5.97. The Morgan fingerprint density at radius 3 is 3.16 bits per heavy atom. The fraction of sp³-hybridized carbons (Fsp3) is 0.154. The van der Waals surface area contributed by atoms with Crippen molar-refractivity contribution in [3.63, 3.8) is 0 Å². The maximum atomic E-state index is 12.0. The Kier molecular flexibility index (Phi) is 2.75. The van der Waals surface area contributed by atoms with Gasteiger partial charge in [0.15, 0.2) is 5.89 Å². The number of imidazole rings is 1. The van der Waals surface area contributed by atoms with E-state index in [-0.39, 0.29) is 5.91 Å². The van der Waals surface area contributed by atoms with Gasteiger partial charge in [-0.2, -0.15) is 0 Å². The number of nitrogens with one attached hydrogen (secondary N) is 2. The van der Waals surface area contributed by atoms with E-state index in [1.165, 1.54) is 6.26 Å². The number of aryl methyl sites for hydroxylation is 1. The van der Waals surface area contributed by atoms with E-state index in [0.717, 1.165) is 11.0 Å². The number of rotatable bonds is 3. The van der Waals surface area contributed by atoms with Gasteiger partial charge in [0.2, 0.25) is 0 Å². The number of oxazole rings is 1. The number of hydrogen-bond donors (Lipinski definition) is 2. The standard InChI is InChI=1S/C13H12N4O2/c1-8-17-10(6-19-8)5-14-13(18)9-2-3-11-12(4-9)16-7-15-11/h2-4,6-7H,5H2,1H3,(H,14,18)(H,15,16). The predicted molar refractivity (Wildman–Crippen MR) is 68.5 cm³/mol. The summed E-state index contributed by atoms with van der Waals surface area (Å²) < 4.78 is 5.07. The summed E-state index contributed by atoms with van der Waals surface area (Å²) in [4.78, 5) is 23.2. The van der Waals surface area contributed by atoms with Crippen LogP contribution < -0.4 is 5.32 Å². The van der Waals surface area contributed by atoms with Crippen LogP contribution in [0.25, 0.3) is 11.0 Å². The number of benzene rings is 1. The average Bonchev–Trinajstić information content (AvgIpc) is 3.03. The van der Waals surface area contributed by atoms with Crippen molar-refractivity contribution in [2.24, 2.45) is 0 Å². The summed E-state index contributed by atoms with van der Waals surface area (Å²) in [5, 5.41) is 2.79. The summed E-state index contributed by atoms with van der Waals surface area (Å²) in [6.45, 7) is 2.11. The molecule has 0 aliphatic heterocycles. The van der Waals surface area contributed by atoms with Crippen molar-refractivity contribution in [3.8, 4) is 0 Å². The molecule has 1 amide bonds. The SMILES string of the molecule is Cc1nc(CNC(=O)c2ccc3nc[nH]c3c2)co1. The summed E-state index contributed by atoms with van der Waals surface area (Å²) >= 11 is 0. The highest BCUT2D eigenvalue weighted by Gasteiger charge is 2.08. The van der Waals surface area contributed by atoms with Crippen molar-refractivity contribution >= 4 is 16.9 Å². The van der Waals surface area contributed by atoms with Crippen LogP contribution in [0.3, 0.4) is 0 Å². The minimum Gasteiger partial charge on any atom is -0.449 e. The molecule has 0 radical (unpaired) electrons. The number of aromatic nitrogens is 3. The van der Waals surface area contributed by atoms with Crippen molar-refractivity contribution < 1.29 is 9.21 Å². The first kappa shape index (κ1) is 11.5. The van der Waals surface area contributed by atoms with Crippen molar-refractivity contribution in [2.45, 2.75) is 13.5 Å². The molecule has 0 bridgehead atoms. The molecule has 6 heteroatoms. The molecule has 1 aromatic carbocycles. The van der Waals surface area contributed by atoms with Crippen LogP contribution in [0.15, 0.2) is 35.2 Å². The molecule has 2 N–H and O–H groups in total. The van der Waals surface area contributed by atoms with Gasteiger partial charge < -0.3 is 14.7 Å². The molecule has 0 aliphatic carbocycles. The number of carbonyl (C=O) groups is 1. The molecule has 6 nitrogen and oxygen atoms in total. The largest absolute Gasteiger partial charge is 0.449 e. The number of carbonyl (C=O) groups excluding carboxylic acids is 1. The molecule has 96 valence electrons. The number of H-pyrrole nitrogens is 1. The maximum Gasteiger partial charge on any atom is 0.251 e. The molecule has 0 saturated carbocycles. The highest BCUT2D eigenvalue weighted by atomic mass is 16.3. The van der Waals surface area contributed by atoms with E-state index in [1.54, 1.807) is 31.5 Å². The van der Waals surface area contributed by atoms with Gasteiger partial charge in [-0.15, -0.1) is 0 Å². The van der Waals surface area contributed by atoms with Gasteiger partial charge in [-0.1, -0.05) is 0 Å². The number of aromatic amines is 1. The van der Waals surface area contributed by atoms with E-state index in [0.29, 0.717) is 23.7 Å². The third-order valence-corrected chi connectivity index (χ3v) is 2.78. The van der Waals surface area contributed by atoms with E-state index < -0.39 is 0 Å². The molecule has 0 unspecified atom stereocenters. The van der Waals surface area contributed by atoms with Crippen LogP contribution in [-0.2, 0) is 6.54 Å². The van der Waals surface area contributed by atoms with Crippen molar-refractivity contribution in [1.82, 2.24) is 20.3 Å². The number of amides is 1. The third kappa shape index (κ3) is 2.33. The van der Waals surface area contributed by atoms with Crippen LogP contribution in [0, 0.1) is 6.92 Å². The second-order valence-electron chi connectivity index (χ2n) is 4.18. The Labute approximate surface area is 108 Å². The Hall–Kier alpha value is -2.63. The van der Waals surface area contributed by atoms with Crippen LogP contribution >= 0.6 is 0 Å². The summed E-state index contributed by atoms with van der Waals surface area (Å²) in [7, 11) is 0. The normalized spacial score (nSPS) is 10.8. The lowest BCUT2D eigenvalue weighted by Crippen LogP contribution is -2.22. The average molecular weight is 256 g/mol. The van der Waals surface area contributed by atoms with Crippen molar-refractivity contribution in [3.05, 3.63) is 47.9 Å². The molecule has 19 heavy (non-hydrogen) atoms. The number of nitrogens with zero attached hydrogens (tertiary/aromatic N) is 2. The fourth-order valence-corrected chi connectivity index (χ4v) is 1.84. The first-order valence-electron chi connectivity index (χ1n) is 5.85. The van der Waals surface area contributed by atoms with E-state index in [4.69, 9.17) is 4.42 Å². The minimum absolute atomic E-state index is 0.155. The van der Waals surface area contributed by atoms with E-state index in [1.807, 2.05) is 0 Å². The predicted octanol–water partition coefficient (Wildman–Crippen LogP) is 1.79.